The highest BCUT2D eigenvalue weighted by Gasteiger charge is 2.37. The summed E-state index contributed by atoms with van der Waals surface area (Å²) in [6.45, 7) is 10.6. The number of hydrogen-bond donors (Lipinski definition) is 2. The van der Waals surface area contributed by atoms with E-state index in [2.05, 4.69) is 15.6 Å². The van der Waals surface area contributed by atoms with Crippen molar-refractivity contribution in [3.05, 3.63) is 83.9 Å². The summed E-state index contributed by atoms with van der Waals surface area (Å²) in [5.74, 6) is 0.446. The molecular formula is C33H40N4O6. The van der Waals surface area contributed by atoms with Gasteiger partial charge in [0.2, 0.25) is 5.91 Å². The third-order valence-corrected chi connectivity index (χ3v) is 6.60. The van der Waals surface area contributed by atoms with Crippen LogP contribution in [0.25, 0.3) is 10.8 Å². The van der Waals surface area contributed by atoms with Crippen molar-refractivity contribution < 1.29 is 28.6 Å². The molecule has 2 atom stereocenters. The quantitative estimate of drug-likeness (QED) is 0.346. The highest BCUT2D eigenvalue weighted by atomic mass is 16.6. The molecule has 1 aliphatic heterocycles. The van der Waals surface area contributed by atoms with Gasteiger partial charge < -0.3 is 24.8 Å². The number of carbonyl (C=O) groups is 3. The number of carbonyl (C=O) groups excluding carboxylic acids is 3. The molecule has 0 aliphatic carbocycles. The van der Waals surface area contributed by atoms with Gasteiger partial charge in [0, 0.05) is 24.2 Å². The Bertz CT molecular complexity index is 1500. The Morgan fingerprint density at radius 2 is 1.65 bits per heavy atom. The number of benzene rings is 2. The average Bonchev–Trinajstić information content (AvgIpc) is 3.34. The van der Waals surface area contributed by atoms with Crippen LogP contribution in [0.3, 0.4) is 0 Å². The molecule has 0 saturated carbocycles. The van der Waals surface area contributed by atoms with E-state index in [0.717, 1.165) is 21.9 Å². The Balaban J connectivity index is 1.61. The predicted octanol–water partition coefficient (Wildman–Crippen LogP) is 6.02. The van der Waals surface area contributed by atoms with Gasteiger partial charge in [-0.2, -0.15) is 0 Å². The van der Waals surface area contributed by atoms with Crippen molar-refractivity contribution in [2.45, 2.75) is 77.7 Å². The van der Waals surface area contributed by atoms with Gasteiger partial charge in [-0.1, -0.05) is 24.3 Å². The van der Waals surface area contributed by atoms with Crippen LogP contribution in [0.4, 0.5) is 9.59 Å². The first kappa shape index (κ1) is 31.3. The van der Waals surface area contributed by atoms with Crippen LogP contribution < -0.4 is 15.4 Å². The Morgan fingerprint density at radius 3 is 2.30 bits per heavy atom. The summed E-state index contributed by atoms with van der Waals surface area (Å²) in [5.41, 5.74) is 0.163. The average molecular weight is 589 g/mol. The number of aromatic nitrogens is 1. The van der Waals surface area contributed by atoms with E-state index in [-0.39, 0.29) is 12.2 Å². The number of ether oxygens (including phenoxy) is 3. The number of pyridine rings is 1. The lowest BCUT2D eigenvalue weighted by Crippen LogP contribution is -2.51. The smallest absolute Gasteiger partial charge is 0.416 e. The second kappa shape index (κ2) is 12.7. The highest BCUT2D eigenvalue weighted by Crippen LogP contribution is 2.36. The molecule has 228 valence electrons. The van der Waals surface area contributed by atoms with Crippen molar-refractivity contribution >= 4 is 28.9 Å². The first-order chi connectivity index (χ1) is 20.2. The molecule has 2 aromatic carbocycles. The zero-order valence-electron chi connectivity index (χ0n) is 25.8. The van der Waals surface area contributed by atoms with Crippen LogP contribution in [0, 0.1) is 0 Å². The minimum absolute atomic E-state index is 0.178. The molecular weight excluding hydrogens is 548 g/mol. The van der Waals surface area contributed by atoms with Crippen LogP contribution >= 0.6 is 0 Å². The minimum atomic E-state index is -1.00. The maximum Gasteiger partial charge on any atom is 0.416 e. The number of nitrogens with one attached hydrogen (secondary N) is 2. The number of amides is 3. The molecule has 10 heteroatoms. The lowest BCUT2D eigenvalue weighted by molar-refractivity contribution is -0.122. The van der Waals surface area contributed by atoms with E-state index in [1.165, 1.54) is 4.90 Å². The third kappa shape index (κ3) is 8.47. The van der Waals surface area contributed by atoms with E-state index in [0.29, 0.717) is 12.2 Å². The van der Waals surface area contributed by atoms with E-state index in [1.807, 2.05) is 36.4 Å². The van der Waals surface area contributed by atoms with Crippen molar-refractivity contribution in [2.75, 3.05) is 7.11 Å². The van der Waals surface area contributed by atoms with Crippen LogP contribution in [-0.4, -0.2) is 52.3 Å². The van der Waals surface area contributed by atoms with Gasteiger partial charge in [-0.25, -0.2) is 9.59 Å². The number of nitrogens with zero attached hydrogens (tertiary/aromatic N) is 2. The second-order valence-electron chi connectivity index (χ2n) is 12.4. The SMILES string of the molecule is COc1ccc(C[C@H](NC(=O)OC(C)(C)C)C(=O)NC2=CCC(c3ccc4cnccc4c3)N2C(=O)OC(C)(C)C)cc1. The Kier molecular flexibility index (Phi) is 9.27. The van der Waals surface area contributed by atoms with Gasteiger partial charge in [0.15, 0.2) is 0 Å². The topological polar surface area (TPSA) is 119 Å². The van der Waals surface area contributed by atoms with Crippen LogP contribution in [0.2, 0.25) is 0 Å². The summed E-state index contributed by atoms with van der Waals surface area (Å²) >= 11 is 0. The molecule has 1 aromatic heterocycles. The lowest BCUT2D eigenvalue weighted by Gasteiger charge is -2.31. The normalized spacial score (nSPS) is 15.8. The first-order valence-electron chi connectivity index (χ1n) is 14.2. The summed E-state index contributed by atoms with van der Waals surface area (Å²) in [4.78, 5) is 45.7. The maximum absolute atomic E-state index is 13.8. The van der Waals surface area contributed by atoms with Crippen LogP contribution in [-0.2, 0) is 20.7 Å². The minimum Gasteiger partial charge on any atom is -0.497 e. The summed E-state index contributed by atoms with van der Waals surface area (Å²) in [7, 11) is 1.57. The molecule has 0 saturated heterocycles. The Labute approximate surface area is 252 Å². The summed E-state index contributed by atoms with van der Waals surface area (Å²) in [5, 5.41) is 7.54. The number of hydrogen-bond acceptors (Lipinski definition) is 7. The number of alkyl carbamates (subject to hydrolysis) is 1. The van der Waals surface area contributed by atoms with Gasteiger partial charge in [0.25, 0.3) is 0 Å². The van der Waals surface area contributed by atoms with Crippen molar-refractivity contribution in [2.24, 2.45) is 0 Å². The van der Waals surface area contributed by atoms with Gasteiger partial charge in [-0.05, 0) is 94.8 Å². The standard InChI is InChI=1S/C33H40N4O6/c1-32(2,3)42-30(39)35-26(18-21-8-12-25(41-7)13-9-21)29(38)36-28-15-14-27(37(28)31(40)43-33(4,5)6)23-10-11-24-20-34-17-16-22(24)19-23/h8-13,15-17,19-20,26-27H,14,18H2,1-7H3,(H,35,39)(H,36,38)/t26-,27?/m0/s1. The number of rotatable bonds is 7. The van der Waals surface area contributed by atoms with Gasteiger partial charge >= 0.3 is 12.2 Å². The summed E-state index contributed by atoms with van der Waals surface area (Å²) in [6, 6.07) is 13.6. The lowest BCUT2D eigenvalue weighted by atomic mass is 10.0. The molecule has 0 radical (unpaired) electrons. The fourth-order valence-electron chi connectivity index (χ4n) is 4.71. The molecule has 0 fully saturated rings. The molecule has 3 aromatic rings. The molecule has 1 unspecified atom stereocenters. The van der Waals surface area contributed by atoms with E-state index < -0.39 is 41.4 Å². The molecule has 10 nitrogen and oxygen atoms in total. The van der Waals surface area contributed by atoms with E-state index in [1.54, 1.807) is 79.3 Å². The van der Waals surface area contributed by atoms with E-state index >= 15 is 0 Å². The summed E-state index contributed by atoms with van der Waals surface area (Å²) < 4.78 is 16.4. The van der Waals surface area contributed by atoms with E-state index in [4.69, 9.17) is 14.2 Å². The van der Waals surface area contributed by atoms with E-state index in [9.17, 15) is 14.4 Å². The Hall–Kier alpha value is -4.60. The van der Waals surface area contributed by atoms with Crippen LogP contribution in [0.5, 0.6) is 5.75 Å². The van der Waals surface area contributed by atoms with Crippen molar-refractivity contribution in [3.63, 3.8) is 0 Å². The number of methoxy groups -OCH3 is 1. The maximum atomic E-state index is 13.8. The molecule has 43 heavy (non-hydrogen) atoms. The fourth-order valence-corrected chi connectivity index (χ4v) is 4.71. The monoisotopic (exact) mass is 588 g/mol. The number of fused-ring (bicyclic) bond motifs is 1. The molecule has 1 aliphatic rings. The zero-order chi connectivity index (χ0) is 31.4. The Morgan fingerprint density at radius 1 is 0.953 bits per heavy atom. The van der Waals surface area contributed by atoms with Crippen LogP contribution in [0.1, 0.15) is 65.1 Å². The third-order valence-electron chi connectivity index (χ3n) is 6.60. The van der Waals surface area contributed by atoms with Crippen molar-refractivity contribution in [1.82, 2.24) is 20.5 Å². The van der Waals surface area contributed by atoms with Gasteiger partial charge in [-0.15, -0.1) is 0 Å². The fraction of sp³-hybridized carbons (Fsp3) is 0.394. The van der Waals surface area contributed by atoms with Crippen molar-refractivity contribution in [1.29, 1.82) is 0 Å². The molecule has 3 amide bonds. The summed E-state index contributed by atoms with van der Waals surface area (Å²) in [6.07, 6.45) is 4.60. The van der Waals surface area contributed by atoms with Gasteiger partial charge in [0.1, 0.15) is 28.8 Å². The first-order valence-corrected chi connectivity index (χ1v) is 14.2. The van der Waals surface area contributed by atoms with Crippen LogP contribution in [0.15, 0.2) is 72.8 Å². The molecule has 2 heterocycles. The molecule has 0 spiro atoms. The van der Waals surface area contributed by atoms with Gasteiger partial charge in [0.05, 0.1) is 13.2 Å². The predicted molar refractivity (Wildman–Crippen MR) is 163 cm³/mol. The van der Waals surface area contributed by atoms with Gasteiger partial charge in [-0.3, -0.25) is 14.7 Å². The molecule has 2 N–H and O–H groups in total. The highest BCUT2D eigenvalue weighted by molar-refractivity contribution is 5.88. The molecule has 0 bridgehead atoms. The molecule has 4 rings (SSSR count). The second-order valence-corrected chi connectivity index (χ2v) is 12.4. The largest absolute Gasteiger partial charge is 0.497 e. The zero-order valence-corrected chi connectivity index (χ0v) is 25.8. The van der Waals surface area contributed by atoms with Crippen molar-refractivity contribution in [3.8, 4) is 5.75 Å².